The van der Waals surface area contributed by atoms with Crippen molar-refractivity contribution in [1.82, 2.24) is 14.2 Å². The van der Waals surface area contributed by atoms with Crippen LogP contribution < -0.4 is 10.2 Å². The predicted molar refractivity (Wildman–Crippen MR) is 120 cm³/mol. The van der Waals surface area contributed by atoms with Gasteiger partial charge in [0.2, 0.25) is 15.9 Å². The van der Waals surface area contributed by atoms with Crippen LogP contribution in [0.1, 0.15) is 39.0 Å². The Morgan fingerprint density at radius 1 is 1.26 bits per heavy atom. The van der Waals surface area contributed by atoms with E-state index in [-0.39, 0.29) is 27.7 Å². The fourth-order valence-corrected chi connectivity index (χ4v) is 6.84. The summed E-state index contributed by atoms with van der Waals surface area (Å²) in [6.07, 6.45) is 3.93. The number of hydrogen-bond donors (Lipinski definition) is 1. The fraction of sp³-hybridized carbons (Fsp3) is 0.619. The van der Waals surface area contributed by atoms with E-state index in [0.717, 1.165) is 42.7 Å². The van der Waals surface area contributed by atoms with Crippen LogP contribution in [0, 0.1) is 5.92 Å². The highest BCUT2D eigenvalue weighted by molar-refractivity contribution is 7.89. The van der Waals surface area contributed by atoms with E-state index in [1.165, 1.54) is 4.31 Å². The number of carbonyl (C=O) groups excluding carboxylic acids is 1. The Morgan fingerprint density at radius 2 is 2.03 bits per heavy atom. The molecule has 8 nitrogen and oxygen atoms in total. The lowest BCUT2D eigenvalue weighted by atomic mass is 9.97. The van der Waals surface area contributed by atoms with Crippen molar-refractivity contribution >= 4 is 37.5 Å². The summed E-state index contributed by atoms with van der Waals surface area (Å²) < 4.78 is 35.7. The molecule has 0 aliphatic carbocycles. The number of ether oxygens (including phenoxy) is 1. The normalized spacial score (nSPS) is 21.0. The number of piperidine rings is 1. The van der Waals surface area contributed by atoms with Gasteiger partial charge in [0.1, 0.15) is 0 Å². The number of fused-ring (bicyclic) bond motifs is 1. The largest absolute Gasteiger partial charge is 0.376 e. The first-order chi connectivity index (χ1) is 14.9. The molecule has 2 aliphatic heterocycles. The number of nitrogens with zero attached hydrogens (tertiary/aromatic N) is 2. The maximum absolute atomic E-state index is 13.2. The molecule has 1 amide bonds. The number of carbonyl (C=O) groups is 1. The molecule has 4 rings (SSSR count). The molecule has 2 aromatic rings. The first kappa shape index (κ1) is 22.4. The minimum absolute atomic E-state index is 0.0176. The number of aromatic nitrogens is 1. The van der Waals surface area contributed by atoms with Crippen molar-refractivity contribution in [1.29, 1.82) is 0 Å². The summed E-state index contributed by atoms with van der Waals surface area (Å²) in [4.78, 5) is 24.8. The highest BCUT2D eigenvalue weighted by Crippen LogP contribution is 2.27. The van der Waals surface area contributed by atoms with Crippen LogP contribution in [-0.4, -0.2) is 55.5 Å². The average molecular weight is 468 g/mol. The number of aryl methyl sites for hydroxylation is 1. The Bertz CT molecular complexity index is 1090. The summed E-state index contributed by atoms with van der Waals surface area (Å²) >= 11 is 1.08. The van der Waals surface area contributed by atoms with Gasteiger partial charge in [0.15, 0.2) is 0 Å². The SMILES string of the molecule is CCCn1c(=O)sc2cc(S(=O)(=O)N3CCC(C(=O)NC[C@@H]4CCCO4)CC3)ccc21. The topological polar surface area (TPSA) is 97.7 Å². The molecule has 1 aromatic carbocycles. The molecule has 1 atom stereocenters. The van der Waals surface area contributed by atoms with Gasteiger partial charge in [-0.2, -0.15) is 4.31 Å². The van der Waals surface area contributed by atoms with E-state index in [2.05, 4.69) is 5.32 Å². The Morgan fingerprint density at radius 3 is 2.71 bits per heavy atom. The van der Waals surface area contributed by atoms with Crippen molar-refractivity contribution in [2.75, 3.05) is 26.2 Å². The van der Waals surface area contributed by atoms with E-state index in [9.17, 15) is 18.0 Å². The first-order valence-electron chi connectivity index (χ1n) is 10.9. The van der Waals surface area contributed by atoms with E-state index < -0.39 is 10.0 Å². The highest BCUT2D eigenvalue weighted by Gasteiger charge is 2.32. The molecule has 2 saturated heterocycles. The minimum Gasteiger partial charge on any atom is -0.376 e. The molecule has 2 aliphatic rings. The summed E-state index contributed by atoms with van der Waals surface area (Å²) in [5.41, 5.74) is 0.775. The molecule has 170 valence electrons. The zero-order chi connectivity index (χ0) is 22.0. The smallest absolute Gasteiger partial charge is 0.308 e. The zero-order valence-electron chi connectivity index (χ0n) is 17.7. The third-order valence-corrected chi connectivity index (χ3v) is 8.91. The summed E-state index contributed by atoms with van der Waals surface area (Å²) in [5.74, 6) is -0.195. The number of amides is 1. The van der Waals surface area contributed by atoms with Crippen molar-refractivity contribution in [3.63, 3.8) is 0 Å². The number of rotatable bonds is 7. The molecule has 0 bridgehead atoms. The van der Waals surface area contributed by atoms with Crippen molar-refractivity contribution < 1.29 is 17.9 Å². The van der Waals surface area contributed by atoms with E-state index in [4.69, 9.17) is 4.74 Å². The number of sulfonamides is 1. The van der Waals surface area contributed by atoms with Gasteiger partial charge in [0.05, 0.1) is 21.2 Å². The summed E-state index contributed by atoms with van der Waals surface area (Å²) in [6.45, 7) is 4.52. The van der Waals surface area contributed by atoms with Gasteiger partial charge in [-0.3, -0.25) is 14.2 Å². The molecular formula is C21H29N3O5S2. The third kappa shape index (κ3) is 4.72. The average Bonchev–Trinajstić information content (AvgIpc) is 3.40. The second-order valence-electron chi connectivity index (χ2n) is 8.21. The standard InChI is InChI=1S/C21H29N3O5S2/c1-2-9-24-18-6-5-17(13-19(18)30-21(24)26)31(27,28)23-10-7-15(8-11-23)20(25)22-14-16-4-3-12-29-16/h5-6,13,15-16H,2-4,7-12,14H2,1H3,(H,22,25)/t16-/m0/s1. The lowest BCUT2D eigenvalue weighted by Gasteiger charge is -2.30. The maximum Gasteiger partial charge on any atom is 0.308 e. The van der Waals surface area contributed by atoms with E-state index in [0.29, 0.717) is 43.7 Å². The quantitative estimate of drug-likeness (QED) is 0.673. The van der Waals surface area contributed by atoms with Crippen LogP contribution in [0.2, 0.25) is 0 Å². The number of thiazole rings is 1. The van der Waals surface area contributed by atoms with Gasteiger partial charge in [-0.1, -0.05) is 18.3 Å². The predicted octanol–water partition coefficient (Wildman–Crippen LogP) is 2.17. The molecule has 31 heavy (non-hydrogen) atoms. The van der Waals surface area contributed by atoms with Crippen molar-refractivity contribution in [2.24, 2.45) is 5.92 Å². The summed E-state index contributed by atoms with van der Waals surface area (Å²) in [6, 6.07) is 4.90. The van der Waals surface area contributed by atoms with Crippen LogP contribution in [0.5, 0.6) is 0 Å². The molecule has 1 N–H and O–H groups in total. The van der Waals surface area contributed by atoms with Gasteiger partial charge >= 0.3 is 4.87 Å². The van der Waals surface area contributed by atoms with Gasteiger partial charge in [-0.05, 0) is 50.3 Å². The van der Waals surface area contributed by atoms with Crippen LogP contribution in [-0.2, 0) is 26.1 Å². The van der Waals surface area contributed by atoms with E-state index in [1.807, 2.05) is 6.92 Å². The summed E-state index contributed by atoms with van der Waals surface area (Å²) in [7, 11) is -3.67. The van der Waals surface area contributed by atoms with Crippen LogP contribution in [0.3, 0.4) is 0 Å². The summed E-state index contributed by atoms with van der Waals surface area (Å²) in [5, 5.41) is 2.96. The van der Waals surface area contributed by atoms with Gasteiger partial charge < -0.3 is 10.1 Å². The van der Waals surface area contributed by atoms with Crippen molar-refractivity contribution in [3.05, 3.63) is 27.9 Å². The van der Waals surface area contributed by atoms with Gasteiger partial charge in [0.25, 0.3) is 0 Å². The molecule has 2 fully saturated rings. The van der Waals surface area contributed by atoms with Gasteiger partial charge in [-0.25, -0.2) is 8.42 Å². The molecule has 0 radical (unpaired) electrons. The van der Waals surface area contributed by atoms with Crippen LogP contribution >= 0.6 is 11.3 Å². The minimum atomic E-state index is -3.67. The lowest BCUT2D eigenvalue weighted by Crippen LogP contribution is -2.44. The molecule has 0 unspecified atom stereocenters. The van der Waals surface area contributed by atoms with Crippen molar-refractivity contribution in [3.8, 4) is 0 Å². The molecular weight excluding hydrogens is 438 g/mol. The first-order valence-corrected chi connectivity index (χ1v) is 13.2. The van der Waals surface area contributed by atoms with E-state index in [1.54, 1.807) is 22.8 Å². The Balaban J connectivity index is 1.40. The van der Waals surface area contributed by atoms with Crippen molar-refractivity contribution in [2.45, 2.75) is 56.6 Å². The maximum atomic E-state index is 13.2. The highest BCUT2D eigenvalue weighted by atomic mass is 32.2. The molecule has 10 heteroatoms. The van der Waals surface area contributed by atoms with Crippen LogP contribution in [0.25, 0.3) is 10.2 Å². The molecule has 3 heterocycles. The fourth-order valence-electron chi connectivity index (χ4n) is 4.31. The van der Waals surface area contributed by atoms with Gasteiger partial charge in [0, 0.05) is 38.7 Å². The van der Waals surface area contributed by atoms with E-state index >= 15 is 0 Å². The monoisotopic (exact) mass is 467 g/mol. The molecule has 1 aromatic heterocycles. The number of hydrogen-bond acceptors (Lipinski definition) is 6. The second kappa shape index (κ2) is 9.40. The Hall–Kier alpha value is -1.75. The molecule has 0 spiro atoms. The van der Waals surface area contributed by atoms with Crippen LogP contribution in [0.4, 0.5) is 0 Å². The Labute approximate surface area is 186 Å². The third-order valence-electron chi connectivity index (χ3n) is 6.08. The van der Waals surface area contributed by atoms with Crippen LogP contribution in [0.15, 0.2) is 27.9 Å². The second-order valence-corrected chi connectivity index (χ2v) is 11.1. The zero-order valence-corrected chi connectivity index (χ0v) is 19.3. The lowest BCUT2D eigenvalue weighted by molar-refractivity contribution is -0.126. The Kier molecular flexibility index (Phi) is 6.80. The molecule has 0 saturated carbocycles. The van der Waals surface area contributed by atoms with Gasteiger partial charge in [-0.15, -0.1) is 0 Å². The number of benzene rings is 1. The number of nitrogens with one attached hydrogen (secondary N) is 1.